The average Bonchev–Trinajstić information content (AvgIpc) is 2.89. The molecule has 10 heteroatoms. The first kappa shape index (κ1) is 21.4. The van der Waals surface area contributed by atoms with Crippen LogP contribution in [0.25, 0.3) is 10.9 Å². The number of fused-ring (bicyclic) bond motifs is 1. The first-order valence-electron chi connectivity index (χ1n) is 10.9. The minimum atomic E-state index is -0.420. The Labute approximate surface area is 196 Å². The zero-order valence-corrected chi connectivity index (χ0v) is 18.6. The molecule has 1 aliphatic rings. The summed E-state index contributed by atoms with van der Waals surface area (Å²) in [6.07, 6.45) is 3.08. The average molecular weight is 457 g/mol. The van der Waals surface area contributed by atoms with Crippen molar-refractivity contribution in [2.75, 3.05) is 48.4 Å². The zero-order chi connectivity index (χ0) is 23.5. The SMILES string of the molecule is COc1ccc(N2CCN(c3ncnc(Nc4cccc5ncccc45)c3[N+](=O)[O-])CC2)cc1. The van der Waals surface area contributed by atoms with E-state index in [-0.39, 0.29) is 11.5 Å². The highest BCUT2D eigenvalue weighted by molar-refractivity contribution is 5.93. The first-order chi connectivity index (χ1) is 16.6. The van der Waals surface area contributed by atoms with Crippen LogP contribution in [0.2, 0.25) is 0 Å². The van der Waals surface area contributed by atoms with E-state index in [4.69, 9.17) is 4.74 Å². The van der Waals surface area contributed by atoms with E-state index in [1.54, 1.807) is 13.3 Å². The van der Waals surface area contributed by atoms with Crippen LogP contribution in [0.1, 0.15) is 0 Å². The molecule has 1 aliphatic heterocycles. The summed E-state index contributed by atoms with van der Waals surface area (Å²) in [5, 5.41) is 16.1. The molecule has 0 spiro atoms. The molecular formula is C24H23N7O3. The molecule has 3 heterocycles. The molecule has 0 radical (unpaired) electrons. The molecule has 0 amide bonds. The van der Waals surface area contributed by atoms with E-state index in [1.165, 1.54) is 6.33 Å². The van der Waals surface area contributed by atoms with Gasteiger partial charge in [-0.1, -0.05) is 6.07 Å². The van der Waals surface area contributed by atoms with Gasteiger partial charge in [0.25, 0.3) is 0 Å². The van der Waals surface area contributed by atoms with Crippen molar-refractivity contribution < 1.29 is 9.66 Å². The van der Waals surface area contributed by atoms with E-state index in [0.29, 0.717) is 37.7 Å². The third-order valence-corrected chi connectivity index (χ3v) is 5.90. The molecule has 4 aromatic rings. The summed E-state index contributed by atoms with van der Waals surface area (Å²) in [5.41, 5.74) is 2.44. The highest BCUT2D eigenvalue weighted by atomic mass is 16.6. The number of hydrogen-bond donors (Lipinski definition) is 1. The molecule has 0 aliphatic carbocycles. The maximum Gasteiger partial charge on any atom is 0.353 e. The molecule has 5 rings (SSSR count). The van der Waals surface area contributed by atoms with Crippen molar-refractivity contribution in [3.8, 4) is 5.75 Å². The summed E-state index contributed by atoms with van der Waals surface area (Å²) in [6.45, 7) is 2.62. The van der Waals surface area contributed by atoms with Crippen molar-refractivity contribution in [1.29, 1.82) is 0 Å². The Morgan fingerprint density at radius 3 is 2.44 bits per heavy atom. The molecule has 1 fully saturated rings. The zero-order valence-electron chi connectivity index (χ0n) is 18.6. The summed E-state index contributed by atoms with van der Waals surface area (Å²) in [6, 6.07) is 17.2. The highest BCUT2D eigenvalue weighted by Gasteiger charge is 2.29. The fraction of sp³-hybridized carbons (Fsp3) is 0.208. The van der Waals surface area contributed by atoms with Crippen LogP contribution in [-0.4, -0.2) is 53.2 Å². The van der Waals surface area contributed by atoms with E-state index in [1.807, 2.05) is 59.5 Å². The predicted molar refractivity (Wildman–Crippen MR) is 131 cm³/mol. The quantitative estimate of drug-likeness (QED) is 0.339. The smallest absolute Gasteiger partial charge is 0.353 e. The lowest BCUT2D eigenvalue weighted by molar-refractivity contribution is -0.383. The van der Waals surface area contributed by atoms with Crippen LogP contribution in [0.15, 0.2) is 67.1 Å². The Hall–Kier alpha value is -4.47. The molecule has 2 aromatic carbocycles. The Morgan fingerprint density at radius 1 is 0.941 bits per heavy atom. The maximum absolute atomic E-state index is 12.1. The normalized spacial score (nSPS) is 13.7. The number of aromatic nitrogens is 3. The number of nitrogens with zero attached hydrogens (tertiary/aromatic N) is 6. The second kappa shape index (κ2) is 9.18. The summed E-state index contributed by atoms with van der Waals surface area (Å²) < 4.78 is 5.23. The van der Waals surface area contributed by atoms with E-state index in [0.717, 1.165) is 22.3 Å². The molecule has 0 atom stereocenters. The minimum absolute atomic E-state index is 0.138. The summed E-state index contributed by atoms with van der Waals surface area (Å²) in [4.78, 5) is 28.7. The van der Waals surface area contributed by atoms with Crippen LogP contribution in [0.4, 0.5) is 28.7 Å². The van der Waals surface area contributed by atoms with Crippen molar-refractivity contribution in [2.24, 2.45) is 0 Å². The van der Waals surface area contributed by atoms with Crippen LogP contribution in [0, 0.1) is 10.1 Å². The van der Waals surface area contributed by atoms with Gasteiger partial charge in [0.2, 0.25) is 11.6 Å². The van der Waals surface area contributed by atoms with Crippen LogP contribution in [-0.2, 0) is 0 Å². The Morgan fingerprint density at radius 2 is 1.71 bits per heavy atom. The van der Waals surface area contributed by atoms with Gasteiger partial charge in [0.15, 0.2) is 0 Å². The number of nitro groups is 1. The Kier molecular flexibility index (Phi) is 5.77. The molecule has 34 heavy (non-hydrogen) atoms. The van der Waals surface area contributed by atoms with Gasteiger partial charge < -0.3 is 19.9 Å². The molecule has 0 bridgehead atoms. The largest absolute Gasteiger partial charge is 0.497 e. The van der Waals surface area contributed by atoms with E-state index >= 15 is 0 Å². The fourth-order valence-corrected chi connectivity index (χ4v) is 4.17. The number of rotatable bonds is 6. The molecule has 1 saturated heterocycles. The van der Waals surface area contributed by atoms with Gasteiger partial charge in [0.1, 0.15) is 12.1 Å². The van der Waals surface area contributed by atoms with Crippen LogP contribution in [0.3, 0.4) is 0 Å². The van der Waals surface area contributed by atoms with Gasteiger partial charge in [-0.15, -0.1) is 0 Å². The lowest BCUT2D eigenvalue weighted by Crippen LogP contribution is -2.47. The highest BCUT2D eigenvalue weighted by Crippen LogP contribution is 2.35. The third kappa shape index (κ3) is 4.13. The number of benzene rings is 2. The lowest BCUT2D eigenvalue weighted by atomic mass is 10.2. The topological polar surface area (TPSA) is 110 Å². The second-order valence-corrected chi connectivity index (χ2v) is 7.82. The van der Waals surface area contributed by atoms with Crippen LogP contribution < -0.4 is 19.9 Å². The molecular weight excluding hydrogens is 434 g/mol. The van der Waals surface area contributed by atoms with Crippen molar-refractivity contribution in [1.82, 2.24) is 15.0 Å². The number of nitrogens with one attached hydrogen (secondary N) is 1. The molecule has 1 N–H and O–H groups in total. The van der Waals surface area contributed by atoms with E-state index in [9.17, 15) is 10.1 Å². The first-order valence-corrected chi connectivity index (χ1v) is 10.9. The third-order valence-electron chi connectivity index (χ3n) is 5.90. The second-order valence-electron chi connectivity index (χ2n) is 7.82. The molecule has 2 aromatic heterocycles. The molecule has 0 saturated carbocycles. The fourth-order valence-electron chi connectivity index (χ4n) is 4.17. The van der Waals surface area contributed by atoms with Crippen LogP contribution in [0.5, 0.6) is 5.75 Å². The Bertz CT molecular complexity index is 1320. The molecule has 172 valence electrons. The van der Waals surface area contributed by atoms with Crippen molar-refractivity contribution in [3.63, 3.8) is 0 Å². The van der Waals surface area contributed by atoms with Gasteiger partial charge in [-0.2, -0.15) is 0 Å². The minimum Gasteiger partial charge on any atom is -0.497 e. The number of hydrogen-bond acceptors (Lipinski definition) is 9. The molecule has 0 unspecified atom stereocenters. The standard InChI is InChI=1S/C24H23N7O3/c1-34-18-9-7-17(8-10-18)29-12-14-30(15-13-29)24-22(31(32)33)23(26-16-27-24)28-21-6-2-5-20-19(21)4-3-11-25-20/h2-11,16H,12-15H2,1H3,(H,26,27,28). The van der Waals surface area contributed by atoms with E-state index in [2.05, 4.69) is 25.2 Å². The number of piperazine rings is 1. The number of pyridine rings is 1. The van der Waals surface area contributed by atoms with Crippen molar-refractivity contribution in [2.45, 2.75) is 0 Å². The summed E-state index contributed by atoms with van der Waals surface area (Å²) in [7, 11) is 1.64. The summed E-state index contributed by atoms with van der Waals surface area (Å²) in [5.74, 6) is 1.28. The summed E-state index contributed by atoms with van der Waals surface area (Å²) >= 11 is 0. The monoisotopic (exact) mass is 457 g/mol. The predicted octanol–water partition coefficient (Wildman–Crippen LogP) is 4.01. The van der Waals surface area contributed by atoms with E-state index < -0.39 is 4.92 Å². The van der Waals surface area contributed by atoms with Crippen molar-refractivity contribution >= 4 is 39.6 Å². The van der Waals surface area contributed by atoms with Crippen LogP contribution >= 0.6 is 0 Å². The van der Waals surface area contributed by atoms with Crippen molar-refractivity contribution in [3.05, 3.63) is 77.2 Å². The number of anilines is 4. The maximum atomic E-state index is 12.1. The van der Waals surface area contributed by atoms with Gasteiger partial charge in [0.05, 0.1) is 17.5 Å². The number of methoxy groups -OCH3 is 1. The number of ether oxygens (including phenoxy) is 1. The van der Waals surface area contributed by atoms with Gasteiger partial charge in [-0.3, -0.25) is 15.1 Å². The molecule has 10 nitrogen and oxygen atoms in total. The van der Waals surface area contributed by atoms with Gasteiger partial charge in [0, 0.05) is 49.1 Å². The Balaban J connectivity index is 1.39. The van der Waals surface area contributed by atoms with Gasteiger partial charge >= 0.3 is 5.69 Å². The van der Waals surface area contributed by atoms with Gasteiger partial charge in [-0.05, 0) is 48.5 Å². The lowest BCUT2D eigenvalue weighted by Gasteiger charge is -2.36. The van der Waals surface area contributed by atoms with Gasteiger partial charge in [-0.25, -0.2) is 9.97 Å².